The maximum atomic E-state index is 10.7. The Balaban J connectivity index is 0.000000300. The lowest BCUT2D eigenvalue weighted by Crippen LogP contribution is -2.43. The molecule has 0 radical (unpaired) electrons. The maximum Gasteiger partial charge on any atom is 0.577 e. The summed E-state index contributed by atoms with van der Waals surface area (Å²) < 4.78 is 35.9. The Morgan fingerprint density at radius 1 is 1.25 bits per heavy atom. The zero-order valence-corrected chi connectivity index (χ0v) is 16.5. The minimum Gasteiger partial charge on any atom is -0.450 e. The molecule has 0 amide bonds. The third kappa shape index (κ3) is 8.45. The highest BCUT2D eigenvalue weighted by atomic mass is 32.1. The van der Waals surface area contributed by atoms with Gasteiger partial charge in [0.15, 0.2) is 0 Å². The second-order valence-electron chi connectivity index (χ2n) is 6.59. The number of thiophene rings is 1. The van der Waals surface area contributed by atoms with Gasteiger partial charge in [-0.2, -0.15) is 0 Å². The highest BCUT2D eigenvalue weighted by Crippen LogP contribution is 2.26. The Kier molecular flexibility index (Phi) is 8.53. The molecule has 0 spiro atoms. The van der Waals surface area contributed by atoms with Crippen molar-refractivity contribution < 1.29 is 27.8 Å². The predicted octanol–water partition coefficient (Wildman–Crippen LogP) is 4.64. The van der Waals surface area contributed by atoms with E-state index >= 15 is 0 Å². The van der Waals surface area contributed by atoms with E-state index in [2.05, 4.69) is 46.1 Å². The molecule has 1 fully saturated rings. The van der Waals surface area contributed by atoms with Crippen LogP contribution < -0.4 is 5.32 Å². The van der Waals surface area contributed by atoms with Gasteiger partial charge in [0.05, 0.1) is 0 Å². The summed E-state index contributed by atoms with van der Waals surface area (Å²) in [6.45, 7) is 8.22. The van der Waals surface area contributed by atoms with E-state index in [0.717, 1.165) is 13.1 Å². The van der Waals surface area contributed by atoms with Gasteiger partial charge in [0.1, 0.15) is 0 Å². The number of hydrogen-bond acceptors (Lipinski definition) is 5. The van der Waals surface area contributed by atoms with Crippen molar-refractivity contribution in [2.45, 2.75) is 32.5 Å². The Morgan fingerprint density at radius 3 is 2.57 bits per heavy atom. The van der Waals surface area contributed by atoms with Crippen molar-refractivity contribution in [1.29, 1.82) is 0 Å². The number of aryl methyl sites for hydroxylation is 2. The van der Waals surface area contributed by atoms with Crippen LogP contribution in [0.1, 0.15) is 23.3 Å². The number of fused-ring (bicyclic) bond motifs is 1. The number of hydrogen-bond donors (Lipinski definition) is 2. The van der Waals surface area contributed by atoms with E-state index in [1.165, 1.54) is 59.4 Å². The monoisotopic (exact) mass is 418 g/mol. The summed E-state index contributed by atoms with van der Waals surface area (Å²) in [6.07, 6.45) is -3.58. The van der Waals surface area contributed by atoms with Crippen LogP contribution in [0, 0.1) is 6.92 Å². The van der Waals surface area contributed by atoms with Crippen molar-refractivity contribution in [3.63, 3.8) is 0 Å². The van der Waals surface area contributed by atoms with Crippen molar-refractivity contribution in [2.24, 2.45) is 0 Å². The van der Waals surface area contributed by atoms with E-state index in [9.17, 15) is 13.2 Å². The first kappa shape index (κ1) is 22.4. The molecular weight excluding hydrogens is 393 g/mol. The zero-order chi connectivity index (χ0) is 20.6. The van der Waals surface area contributed by atoms with E-state index in [1.807, 2.05) is 11.3 Å². The quantitative estimate of drug-likeness (QED) is 0.547. The first-order chi connectivity index (χ1) is 13.2. The summed E-state index contributed by atoms with van der Waals surface area (Å²) in [5, 5.41) is 12.1. The molecule has 1 aliphatic heterocycles. The first-order valence-electron chi connectivity index (χ1n) is 9.14. The molecule has 1 saturated heterocycles. The summed E-state index contributed by atoms with van der Waals surface area (Å²) in [6, 6.07) is 9.29. The van der Waals surface area contributed by atoms with Gasteiger partial charge in [-0.25, -0.2) is 4.79 Å². The van der Waals surface area contributed by atoms with Crippen molar-refractivity contribution in [3.8, 4) is 0 Å². The van der Waals surface area contributed by atoms with Crippen LogP contribution in [0.4, 0.5) is 18.0 Å². The van der Waals surface area contributed by atoms with Crippen LogP contribution in [-0.4, -0.2) is 55.2 Å². The van der Waals surface area contributed by atoms with Crippen LogP contribution in [0.5, 0.6) is 0 Å². The van der Waals surface area contributed by atoms with Gasteiger partial charge in [0.25, 0.3) is 0 Å². The molecule has 0 bridgehead atoms. The minimum atomic E-state index is -5.08. The molecule has 1 aromatic heterocycles. The predicted molar refractivity (Wildman–Crippen MR) is 104 cm³/mol. The molecule has 1 aliphatic rings. The molecule has 9 heteroatoms. The highest BCUT2D eigenvalue weighted by molar-refractivity contribution is 7.19. The molecule has 2 aromatic rings. The number of piperazine rings is 1. The summed E-state index contributed by atoms with van der Waals surface area (Å²) >= 11 is 1.90. The van der Waals surface area contributed by atoms with Crippen molar-refractivity contribution in [1.82, 2.24) is 10.2 Å². The second-order valence-corrected chi connectivity index (χ2v) is 7.88. The molecule has 0 saturated carbocycles. The Bertz CT molecular complexity index is 758. The molecule has 0 atom stereocenters. The van der Waals surface area contributed by atoms with Crippen molar-refractivity contribution >= 4 is 27.6 Å². The van der Waals surface area contributed by atoms with Crippen LogP contribution in [0.25, 0.3) is 10.1 Å². The average molecular weight is 418 g/mol. The van der Waals surface area contributed by atoms with Gasteiger partial charge in [0.2, 0.25) is 0 Å². The molecule has 3 rings (SSSR count). The number of rotatable bonds is 5. The van der Waals surface area contributed by atoms with Gasteiger partial charge in [-0.3, -0.25) is 0 Å². The van der Waals surface area contributed by atoms with Crippen LogP contribution in [0.2, 0.25) is 0 Å². The van der Waals surface area contributed by atoms with Crippen LogP contribution in [-0.2, 0) is 11.2 Å². The lowest BCUT2D eigenvalue weighted by Gasteiger charge is -2.27. The summed E-state index contributed by atoms with van der Waals surface area (Å²) in [5.74, 6) is 0. The lowest BCUT2D eigenvalue weighted by atomic mass is 10.1. The molecule has 2 heterocycles. The Hall–Kier alpha value is -1.84. The number of unbranched alkanes of at least 4 members (excludes halogenated alkanes) is 1. The SMILES string of the molecule is Cc1cc2cc(CCCCN3CCNCC3)ccc2s1.O=C(O)OC(F)(F)F. The van der Waals surface area contributed by atoms with E-state index in [0.29, 0.717) is 0 Å². The highest BCUT2D eigenvalue weighted by Gasteiger charge is 2.33. The standard InChI is InChI=1S/C17H24N2S.C2HF3O3/c1-14-12-16-13-15(5-6-17(16)20-14)4-2-3-9-19-10-7-18-8-11-19;3-2(4,5)8-1(6)7/h5-6,12-13,18H,2-4,7-11H2,1H3;(H,6,7). The second kappa shape index (κ2) is 10.6. The zero-order valence-electron chi connectivity index (χ0n) is 15.7. The molecule has 1 aromatic carbocycles. The largest absolute Gasteiger partial charge is 0.577 e. The van der Waals surface area contributed by atoms with Gasteiger partial charge in [-0.1, -0.05) is 12.1 Å². The number of alkyl halides is 3. The van der Waals surface area contributed by atoms with E-state index in [4.69, 9.17) is 9.90 Å². The van der Waals surface area contributed by atoms with Crippen LogP contribution in [0.15, 0.2) is 24.3 Å². The van der Waals surface area contributed by atoms with E-state index in [1.54, 1.807) is 0 Å². The molecule has 0 aliphatic carbocycles. The number of carbonyl (C=O) groups is 1. The number of nitrogens with zero attached hydrogens (tertiary/aromatic N) is 1. The van der Waals surface area contributed by atoms with Gasteiger partial charge in [-0.05, 0) is 55.8 Å². The summed E-state index contributed by atoms with van der Waals surface area (Å²) in [4.78, 5) is 13.1. The summed E-state index contributed by atoms with van der Waals surface area (Å²) in [7, 11) is 0. The van der Waals surface area contributed by atoms with Crippen LogP contribution in [0.3, 0.4) is 0 Å². The van der Waals surface area contributed by atoms with Gasteiger partial charge in [0, 0.05) is 35.8 Å². The lowest BCUT2D eigenvalue weighted by molar-refractivity contribution is -0.297. The number of halogens is 3. The number of benzene rings is 1. The molecule has 28 heavy (non-hydrogen) atoms. The maximum absolute atomic E-state index is 10.7. The Labute approximate surface area is 166 Å². The van der Waals surface area contributed by atoms with Gasteiger partial charge >= 0.3 is 12.5 Å². The number of ether oxygens (including phenoxy) is 1. The third-order valence-electron chi connectivity index (χ3n) is 4.31. The third-order valence-corrected chi connectivity index (χ3v) is 5.34. The molecule has 5 nitrogen and oxygen atoms in total. The normalized spacial score (nSPS) is 15.1. The topological polar surface area (TPSA) is 61.8 Å². The number of carboxylic acid groups (broad SMARTS) is 1. The number of nitrogens with one attached hydrogen (secondary N) is 1. The molecule has 0 unspecified atom stereocenters. The van der Waals surface area contributed by atoms with Gasteiger partial charge in [-0.15, -0.1) is 24.5 Å². The van der Waals surface area contributed by atoms with E-state index in [-0.39, 0.29) is 0 Å². The smallest absolute Gasteiger partial charge is 0.450 e. The molecular formula is C19H25F3N2O3S. The molecule has 2 N–H and O–H groups in total. The fourth-order valence-corrected chi connectivity index (χ4v) is 3.98. The fourth-order valence-electron chi connectivity index (χ4n) is 3.08. The minimum absolute atomic E-state index is 1.16. The van der Waals surface area contributed by atoms with Crippen molar-refractivity contribution in [2.75, 3.05) is 32.7 Å². The summed E-state index contributed by atoms with van der Waals surface area (Å²) in [5.41, 5.74) is 1.50. The average Bonchev–Trinajstić information content (AvgIpc) is 2.97. The fraction of sp³-hybridized carbons (Fsp3) is 0.526. The van der Waals surface area contributed by atoms with Crippen molar-refractivity contribution in [3.05, 3.63) is 34.7 Å². The van der Waals surface area contributed by atoms with Gasteiger partial charge < -0.3 is 20.1 Å². The first-order valence-corrected chi connectivity index (χ1v) is 9.95. The van der Waals surface area contributed by atoms with Crippen LogP contribution >= 0.6 is 11.3 Å². The molecule has 156 valence electrons. The van der Waals surface area contributed by atoms with E-state index < -0.39 is 12.5 Å². The Morgan fingerprint density at radius 2 is 1.96 bits per heavy atom.